The molecular formula is C13H15Cl2F3N6O. The van der Waals surface area contributed by atoms with Gasteiger partial charge in [0.25, 0.3) is 5.91 Å². The van der Waals surface area contributed by atoms with E-state index in [0.29, 0.717) is 12.7 Å². The average molecular weight is 399 g/mol. The van der Waals surface area contributed by atoms with Crippen molar-refractivity contribution in [1.29, 1.82) is 0 Å². The van der Waals surface area contributed by atoms with Crippen LogP contribution < -0.4 is 10.6 Å². The minimum atomic E-state index is -4.45. The minimum absolute atomic E-state index is 0. The second kappa shape index (κ2) is 8.45. The van der Waals surface area contributed by atoms with Gasteiger partial charge in [-0.3, -0.25) is 4.79 Å². The van der Waals surface area contributed by atoms with Gasteiger partial charge in [-0.05, 0) is 25.1 Å². The Morgan fingerprint density at radius 2 is 2.08 bits per heavy atom. The Labute approximate surface area is 153 Å². The van der Waals surface area contributed by atoms with Crippen LogP contribution in [0.25, 0.3) is 5.82 Å². The second-order valence-corrected chi connectivity index (χ2v) is 5.11. The summed E-state index contributed by atoms with van der Waals surface area (Å²) in [5.41, 5.74) is -0.772. The number of halogens is 5. The molecule has 2 N–H and O–H groups in total. The molecule has 0 aromatic carbocycles. The van der Waals surface area contributed by atoms with E-state index < -0.39 is 11.7 Å². The summed E-state index contributed by atoms with van der Waals surface area (Å²) < 4.78 is 38.6. The monoisotopic (exact) mass is 398 g/mol. The van der Waals surface area contributed by atoms with Crippen LogP contribution in [0.15, 0.2) is 24.5 Å². The molecule has 0 radical (unpaired) electrons. The molecule has 3 rings (SSSR count). The lowest BCUT2D eigenvalue weighted by Crippen LogP contribution is -2.36. The molecule has 0 saturated carbocycles. The summed E-state index contributed by atoms with van der Waals surface area (Å²) >= 11 is 0. The van der Waals surface area contributed by atoms with Crippen molar-refractivity contribution in [2.45, 2.75) is 18.6 Å². The van der Waals surface area contributed by atoms with Crippen LogP contribution in [-0.4, -0.2) is 45.0 Å². The van der Waals surface area contributed by atoms with Gasteiger partial charge in [0.2, 0.25) is 0 Å². The molecule has 138 valence electrons. The zero-order chi connectivity index (χ0) is 16.4. The summed E-state index contributed by atoms with van der Waals surface area (Å²) in [7, 11) is 0. The standard InChI is InChI=1S/C13H13F3N6O.2ClH/c14-13(15,16)8-1-2-11(18-5-8)22-7-10(20-21-22)12(23)19-9-3-4-17-6-9;;/h1-2,5,7,9,17H,3-4,6H2,(H,19,23);2*1H. The summed E-state index contributed by atoms with van der Waals surface area (Å²) in [5, 5.41) is 13.4. The molecule has 1 atom stereocenters. The fourth-order valence-electron chi connectivity index (χ4n) is 2.21. The molecule has 1 saturated heterocycles. The molecule has 1 unspecified atom stereocenters. The number of nitrogens with zero attached hydrogens (tertiary/aromatic N) is 4. The van der Waals surface area contributed by atoms with Gasteiger partial charge in [0.1, 0.15) is 0 Å². The van der Waals surface area contributed by atoms with Crippen molar-refractivity contribution < 1.29 is 18.0 Å². The molecule has 3 heterocycles. The number of carbonyl (C=O) groups excluding carboxylic acids is 1. The average Bonchev–Trinajstić information content (AvgIpc) is 3.17. The normalized spacial score (nSPS) is 16.7. The smallest absolute Gasteiger partial charge is 0.347 e. The zero-order valence-electron chi connectivity index (χ0n) is 12.7. The van der Waals surface area contributed by atoms with E-state index in [1.165, 1.54) is 12.3 Å². The van der Waals surface area contributed by atoms with Crippen LogP contribution in [0.2, 0.25) is 0 Å². The summed E-state index contributed by atoms with van der Waals surface area (Å²) in [5.74, 6) is -0.232. The summed E-state index contributed by atoms with van der Waals surface area (Å²) in [6.45, 7) is 1.54. The van der Waals surface area contributed by atoms with Crippen LogP contribution in [0.4, 0.5) is 13.2 Å². The van der Waals surface area contributed by atoms with Crippen molar-refractivity contribution in [2.24, 2.45) is 0 Å². The van der Waals surface area contributed by atoms with Crippen molar-refractivity contribution >= 4 is 30.7 Å². The minimum Gasteiger partial charge on any atom is -0.347 e. The van der Waals surface area contributed by atoms with Crippen molar-refractivity contribution in [1.82, 2.24) is 30.6 Å². The molecule has 0 aliphatic carbocycles. The Hall–Kier alpha value is -1.91. The predicted octanol–water partition coefficient (Wildman–Crippen LogP) is 1.62. The van der Waals surface area contributed by atoms with E-state index in [0.717, 1.165) is 23.7 Å². The first-order valence-electron chi connectivity index (χ1n) is 6.91. The van der Waals surface area contributed by atoms with Crippen molar-refractivity contribution in [2.75, 3.05) is 13.1 Å². The van der Waals surface area contributed by atoms with Crippen LogP contribution in [0.3, 0.4) is 0 Å². The predicted molar refractivity (Wildman–Crippen MR) is 87.4 cm³/mol. The highest BCUT2D eigenvalue weighted by molar-refractivity contribution is 5.92. The highest BCUT2D eigenvalue weighted by Gasteiger charge is 2.30. The maximum absolute atomic E-state index is 12.5. The fourth-order valence-corrected chi connectivity index (χ4v) is 2.21. The Morgan fingerprint density at radius 3 is 2.64 bits per heavy atom. The van der Waals surface area contributed by atoms with E-state index in [1.807, 2.05) is 0 Å². The largest absolute Gasteiger partial charge is 0.417 e. The molecule has 0 spiro atoms. The molecule has 25 heavy (non-hydrogen) atoms. The molecule has 12 heteroatoms. The van der Waals surface area contributed by atoms with Gasteiger partial charge in [0, 0.05) is 18.8 Å². The lowest BCUT2D eigenvalue weighted by molar-refractivity contribution is -0.137. The topological polar surface area (TPSA) is 84.7 Å². The van der Waals surface area contributed by atoms with Crippen LogP contribution in [0.1, 0.15) is 22.5 Å². The number of hydrogen-bond acceptors (Lipinski definition) is 5. The molecule has 2 aromatic rings. The molecule has 1 aliphatic heterocycles. The quantitative estimate of drug-likeness (QED) is 0.820. The molecule has 0 bridgehead atoms. The third kappa shape index (κ3) is 5.03. The van der Waals surface area contributed by atoms with Crippen molar-refractivity contribution in [3.05, 3.63) is 35.8 Å². The molecule has 1 amide bonds. The number of aromatic nitrogens is 4. The van der Waals surface area contributed by atoms with E-state index in [4.69, 9.17) is 0 Å². The van der Waals surface area contributed by atoms with Crippen LogP contribution in [0, 0.1) is 0 Å². The van der Waals surface area contributed by atoms with E-state index in [2.05, 4.69) is 25.9 Å². The van der Waals surface area contributed by atoms with Gasteiger partial charge in [0.05, 0.1) is 11.8 Å². The molecule has 1 fully saturated rings. The Kier molecular flexibility index (Phi) is 7.15. The number of amides is 1. The Bertz CT molecular complexity index is 701. The van der Waals surface area contributed by atoms with E-state index >= 15 is 0 Å². The number of nitrogens with one attached hydrogen (secondary N) is 2. The summed E-state index contributed by atoms with van der Waals surface area (Å²) in [6, 6.07) is 2.10. The van der Waals surface area contributed by atoms with Gasteiger partial charge in [0.15, 0.2) is 11.5 Å². The van der Waals surface area contributed by atoms with Gasteiger partial charge in [-0.1, -0.05) is 5.21 Å². The van der Waals surface area contributed by atoms with E-state index in [-0.39, 0.29) is 48.3 Å². The van der Waals surface area contributed by atoms with Gasteiger partial charge in [-0.15, -0.1) is 29.9 Å². The lowest BCUT2D eigenvalue weighted by atomic mass is 10.2. The van der Waals surface area contributed by atoms with Gasteiger partial charge < -0.3 is 10.6 Å². The second-order valence-electron chi connectivity index (χ2n) is 5.11. The SMILES string of the molecule is Cl.Cl.O=C(NC1CCNC1)c1cn(-c2ccc(C(F)(F)F)cn2)nn1. The van der Waals surface area contributed by atoms with E-state index in [9.17, 15) is 18.0 Å². The van der Waals surface area contributed by atoms with Crippen molar-refractivity contribution in [3.63, 3.8) is 0 Å². The number of carbonyl (C=O) groups is 1. The maximum atomic E-state index is 12.5. The lowest BCUT2D eigenvalue weighted by Gasteiger charge is -2.08. The van der Waals surface area contributed by atoms with Crippen LogP contribution in [0.5, 0.6) is 0 Å². The highest BCUT2D eigenvalue weighted by Crippen LogP contribution is 2.28. The first kappa shape index (κ1) is 21.1. The number of hydrogen-bond donors (Lipinski definition) is 2. The third-order valence-electron chi connectivity index (χ3n) is 3.43. The number of rotatable bonds is 3. The first-order valence-corrected chi connectivity index (χ1v) is 6.91. The van der Waals surface area contributed by atoms with Crippen LogP contribution in [-0.2, 0) is 6.18 Å². The molecule has 7 nitrogen and oxygen atoms in total. The molecule has 2 aromatic heterocycles. The van der Waals surface area contributed by atoms with Crippen LogP contribution >= 0.6 is 24.8 Å². The zero-order valence-corrected chi connectivity index (χ0v) is 14.3. The number of alkyl halides is 3. The number of pyridine rings is 1. The van der Waals surface area contributed by atoms with Gasteiger partial charge in [-0.2, -0.15) is 13.2 Å². The molecular weight excluding hydrogens is 384 g/mol. The summed E-state index contributed by atoms with van der Waals surface area (Å²) in [6.07, 6.45) is -1.58. The van der Waals surface area contributed by atoms with Gasteiger partial charge in [-0.25, -0.2) is 9.67 Å². The fraction of sp³-hybridized carbons (Fsp3) is 0.385. The first-order chi connectivity index (χ1) is 10.9. The molecule has 1 aliphatic rings. The Balaban J connectivity index is 0.00000156. The van der Waals surface area contributed by atoms with E-state index in [1.54, 1.807) is 0 Å². The van der Waals surface area contributed by atoms with Gasteiger partial charge >= 0.3 is 6.18 Å². The highest BCUT2D eigenvalue weighted by atomic mass is 35.5. The van der Waals surface area contributed by atoms with Crippen molar-refractivity contribution in [3.8, 4) is 5.82 Å². The Morgan fingerprint density at radius 1 is 1.32 bits per heavy atom. The summed E-state index contributed by atoms with van der Waals surface area (Å²) in [4.78, 5) is 15.7. The third-order valence-corrected chi connectivity index (χ3v) is 3.43. The maximum Gasteiger partial charge on any atom is 0.417 e.